The summed E-state index contributed by atoms with van der Waals surface area (Å²) in [4.78, 5) is 15.8. The Morgan fingerprint density at radius 1 is 1.18 bits per heavy atom. The van der Waals surface area contributed by atoms with Gasteiger partial charge in [-0.05, 0) is 38.8 Å². The fraction of sp³-hybridized carbons (Fsp3) is 0.500. The highest BCUT2D eigenvalue weighted by molar-refractivity contribution is 5.84. The lowest BCUT2D eigenvalue weighted by molar-refractivity contribution is -0.117. The number of ether oxygens (including phenoxy) is 2. The third-order valence-electron chi connectivity index (χ3n) is 4.51. The van der Waals surface area contributed by atoms with Crippen LogP contribution < -0.4 is 10.1 Å². The van der Waals surface area contributed by atoms with Gasteiger partial charge in [-0.25, -0.2) is 4.98 Å². The Morgan fingerprint density at radius 3 is 2.82 bits per heavy atom. The first-order chi connectivity index (χ1) is 13.6. The smallest absolute Gasteiger partial charge is 0.204 e. The number of aryl methyl sites for hydroxylation is 1. The molecule has 2 aromatic heterocycles. The Bertz CT molecular complexity index is 954. The molecule has 8 heteroatoms. The van der Waals surface area contributed by atoms with Crippen LogP contribution in [0.5, 0.6) is 5.75 Å². The Balaban J connectivity index is 1.78. The van der Waals surface area contributed by atoms with Crippen molar-refractivity contribution in [2.75, 3.05) is 32.2 Å². The molecule has 0 saturated carbocycles. The number of hydrogen-bond acceptors (Lipinski definition) is 7. The van der Waals surface area contributed by atoms with Gasteiger partial charge in [-0.1, -0.05) is 6.42 Å². The van der Waals surface area contributed by atoms with Crippen molar-refractivity contribution < 1.29 is 14.3 Å². The van der Waals surface area contributed by atoms with E-state index in [2.05, 4.69) is 15.5 Å². The van der Waals surface area contributed by atoms with Crippen LogP contribution in [0.25, 0.3) is 16.7 Å². The van der Waals surface area contributed by atoms with Crippen molar-refractivity contribution >= 4 is 28.3 Å². The Labute approximate surface area is 164 Å². The van der Waals surface area contributed by atoms with Crippen molar-refractivity contribution in [2.24, 2.45) is 0 Å². The van der Waals surface area contributed by atoms with Crippen LogP contribution in [0.2, 0.25) is 0 Å². The number of ketones is 1. The molecule has 0 fully saturated rings. The highest BCUT2D eigenvalue weighted by Gasteiger charge is 2.13. The van der Waals surface area contributed by atoms with Gasteiger partial charge in [0.1, 0.15) is 24.0 Å². The number of nitrogens with zero attached hydrogens (tertiary/aromatic N) is 4. The number of unbranched alkanes of at least 4 members (excludes halogenated alkanes) is 2. The highest BCUT2D eigenvalue weighted by atomic mass is 16.5. The first-order valence-electron chi connectivity index (χ1n) is 9.60. The number of hydrogen-bond donors (Lipinski definition) is 1. The SMILES string of the molecule is COCCOc1ccc2c(c1)nc(NCCCCCC(C)=O)c1nnc(C)n12. The van der Waals surface area contributed by atoms with Gasteiger partial charge < -0.3 is 19.6 Å². The summed E-state index contributed by atoms with van der Waals surface area (Å²) < 4.78 is 12.7. The molecular weight excluding hydrogens is 358 g/mol. The van der Waals surface area contributed by atoms with Gasteiger partial charge >= 0.3 is 0 Å². The number of aromatic nitrogens is 4. The van der Waals surface area contributed by atoms with Crippen LogP contribution in [0.15, 0.2) is 18.2 Å². The summed E-state index contributed by atoms with van der Waals surface area (Å²) in [5.41, 5.74) is 2.45. The molecule has 0 aliphatic carbocycles. The largest absolute Gasteiger partial charge is 0.491 e. The summed E-state index contributed by atoms with van der Waals surface area (Å²) in [7, 11) is 1.65. The van der Waals surface area contributed by atoms with Gasteiger partial charge in [0.15, 0.2) is 5.82 Å². The van der Waals surface area contributed by atoms with Gasteiger partial charge in [-0.3, -0.25) is 4.40 Å². The molecule has 3 rings (SSSR count). The molecular formula is C20H27N5O3. The first-order valence-corrected chi connectivity index (χ1v) is 9.60. The second kappa shape index (κ2) is 9.45. The Morgan fingerprint density at radius 2 is 2.04 bits per heavy atom. The van der Waals surface area contributed by atoms with E-state index in [4.69, 9.17) is 14.5 Å². The zero-order chi connectivity index (χ0) is 19.9. The molecule has 8 nitrogen and oxygen atoms in total. The van der Waals surface area contributed by atoms with Gasteiger partial charge in [0.25, 0.3) is 0 Å². The van der Waals surface area contributed by atoms with Crippen LogP contribution in [-0.4, -0.2) is 52.2 Å². The van der Waals surface area contributed by atoms with E-state index in [1.165, 1.54) is 0 Å². The Hall–Kier alpha value is -2.74. The average molecular weight is 385 g/mol. The monoisotopic (exact) mass is 385 g/mol. The fourth-order valence-corrected chi connectivity index (χ4v) is 3.09. The predicted molar refractivity (Wildman–Crippen MR) is 108 cm³/mol. The topological polar surface area (TPSA) is 90.6 Å². The molecule has 1 N–H and O–H groups in total. The van der Waals surface area contributed by atoms with E-state index < -0.39 is 0 Å². The van der Waals surface area contributed by atoms with Crippen LogP contribution in [0.3, 0.4) is 0 Å². The zero-order valence-electron chi connectivity index (χ0n) is 16.7. The van der Waals surface area contributed by atoms with Gasteiger partial charge in [0, 0.05) is 26.1 Å². The minimum Gasteiger partial charge on any atom is -0.491 e. The molecule has 0 aliphatic rings. The normalized spacial score (nSPS) is 11.2. The molecule has 0 radical (unpaired) electrons. The number of fused-ring (bicyclic) bond motifs is 3. The number of rotatable bonds is 11. The Kier molecular flexibility index (Phi) is 6.76. The number of Topliss-reactive ketones (excluding diaryl/α,β-unsaturated/α-hetero) is 1. The molecule has 0 spiro atoms. The van der Waals surface area contributed by atoms with Gasteiger partial charge in [-0.2, -0.15) is 0 Å². The van der Waals surface area contributed by atoms with E-state index in [1.807, 2.05) is 29.5 Å². The van der Waals surface area contributed by atoms with Crippen molar-refractivity contribution in [2.45, 2.75) is 39.5 Å². The van der Waals surface area contributed by atoms with Crippen molar-refractivity contribution in [1.82, 2.24) is 19.6 Å². The maximum Gasteiger partial charge on any atom is 0.204 e. The fourth-order valence-electron chi connectivity index (χ4n) is 3.09. The van der Waals surface area contributed by atoms with Gasteiger partial charge in [0.05, 0.1) is 17.6 Å². The molecule has 0 bridgehead atoms. The average Bonchev–Trinajstić information content (AvgIpc) is 3.06. The van der Waals surface area contributed by atoms with E-state index in [-0.39, 0.29) is 5.78 Å². The molecule has 0 aliphatic heterocycles. The molecule has 2 heterocycles. The van der Waals surface area contributed by atoms with Crippen molar-refractivity contribution in [3.63, 3.8) is 0 Å². The van der Waals surface area contributed by atoms with Crippen molar-refractivity contribution in [3.8, 4) is 5.75 Å². The molecule has 1 aromatic carbocycles. The summed E-state index contributed by atoms with van der Waals surface area (Å²) in [6, 6.07) is 5.81. The van der Waals surface area contributed by atoms with E-state index in [0.717, 1.165) is 48.4 Å². The van der Waals surface area contributed by atoms with Crippen LogP contribution in [0.4, 0.5) is 5.82 Å². The van der Waals surface area contributed by atoms with E-state index in [0.29, 0.717) is 31.1 Å². The third kappa shape index (κ3) is 4.75. The van der Waals surface area contributed by atoms with Crippen molar-refractivity contribution in [1.29, 1.82) is 0 Å². The maximum absolute atomic E-state index is 11.0. The molecule has 0 saturated heterocycles. The highest BCUT2D eigenvalue weighted by Crippen LogP contribution is 2.25. The molecule has 0 amide bonds. The third-order valence-corrected chi connectivity index (χ3v) is 4.51. The molecule has 0 atom stereocenters. The van der Waals surface area contributed by atoms with E-state index in [9.17, 15) is 4.79 Å². The molecule has 3 aromatic rings. The predicted octanol–water partition coefficient (Wildman–Crippen LogP) is 3.17. The molecule has 28 heavy (non-hydrogen) atoms. The zero-order valence-corrected chi connectivity index (χ0v) is 16.7. The quantitative estimate of drug-likeness (QED) is 0.507. The number of carbonyl (C=O) groups excluding carboxylic acids is 1. The minimum atomic E-state index is 0.244. The molecule has 150 valence electrons. The number of benzene rings is 1. The number of anilines is 1. The number of nitrogens with one attached hydrogen (secondary N) is 1. The standard InChI is InChI=1S/C20H27N5O3/c1-14(26)7-5-4-6-10-21-19-20-24-23-15(2)25(20)18-9-8-16(13-17(18)22-19)28-12-11-27-3/h8-9,13H,4-7,10-12H2,1-3H3,(H,21,22). The lowest BCUT2D eigenvalue weighted by atomic mass is 10.1. The van der Waals surface area contributed by atoms with Crippen LogP contribution in [0.1, 0.15) is 38.4 Å². The first kappa shape index (κ1) is 20.0. The molecule has 0 unspecified atom stereocenters. The van der Waals surface area contributed by atoms with Crippen LogP contribution >= 0.6 is 0 Å². The summed E-state index contributed by atoms with van der Waals surface area (Å²) in [5, 5.41) is 11.9. The van der Waals surface area contributed by atoms with Crippen LogP contribution in [-0.2, 0) is 9.53 Å². The van der Waals surface area contributed by atoms with Gasteiger partial charge in [-0.15, -0.1) is 10.2 Å². The lowest BCUT2D eigenvalue weighted by Gasteiger charge is -2.11. The second-order valence-corrected chi connectivity index (χ2v) is 6.80. The summed E-state index contributed by atoms with van der Waals surface area (Å²) in [6.07, 6.45) is 3.53. The number of carbonyl (C=O) groups is 1. The second-order valence-electron chi connectivity index (χ2n) is 6.80. The lowest BCUT2D eigenvalue weighted by Crippen LogP contribution is -2.07. The van der Waals surface area contributed by atoms with E-state index >= 15 is 0 Å². The van der Waals surface area contributed by atoms with Gasteiger partial charge in [0.2, 0.25) is 5.65 Å². The van der Waals surface area contributed by atoms with Crippen molar-refractivity contribution in [3.05, 3.63) is 24.0 Å². The number of methoxy groups -OCH3 is 1. The van der Waals surface area contributed by atoms with Crippen LogP contribution in [0, 0.1) is 6.92 Å². The minimum absolute atomic E-state index is 0.244. The summed E-state index contributed by atoms with van der Waals surface area (Å²) >= 11 is 0. The summed E-state index contributed by atoms with van der Waals surface area (Å²) in [6.45, 7) is 5.34. The summed E-state index contributed by atoms with van der Waals surface area (Å²) in [5.74, 6) is 2.50. The maximum atomic E-state index is 11.0. The van der Waals surface area contributed by atoms with E-state index in [1.54, 1.807) is 14.0 Å².